The van der Waals surface area contributed by atoms with Gasteiger partial charge in [0, 0.05) is 32.8 Å². The molecule has 0 saturated carbocycles. The van der Waals surface area contributed by atoms with E-state index in [4.69, 9.17) is 16.3 Å². The zero-order chi connectivity index (χ0) is 15.2. The van der Waals surface area contributed by atoms with Crippen LogP contribution in [0.25, 0.3) is 0 Å². The molecule has 1 rings (SSSR count). The average Bonchev–Trinajstić information content (AvgIpc) is 2.39. The van der Waals surface area contributed by atoms with E-state index in [1.54, 1.807) is 31.4 Å². The molecule has 0 radical (unpaired) electrons. The number of hydrogen-bond donors (Lipinski definition) is 1. The fourth-order valence-corrected chi connectivity index (χ4v) is 2.86. The van der Waals surface area contributed by atoms with Gasteiger partial charge in [0.1, 0.15) is 0 Å². The van der Waals surface area contributed by atoms with Crippen molar-refractivity contribution in [2.24, 2.45) is 0 Å². The standard InChI is InChI=1S/C13H21ClN2O3S/c1-16(2)20(17,18)13-6-4-11(5-7-13)15-12(8-9-14)10-19-3/h4-7,12,15H,8-10H2,1-3H3. The number of ether oxygens (including phenoxy) is 1. The van der Waals surface area contributed by atoms with Crippen LogP contribution in [0.2, 0.25) is 0 Å². The van der Waals surface area contributed by atoms with Crippen molar-refractivity contribution >= 4 is 27.3 Å². The minimum Gasteiger partial charge on any atom is -0.383 e. The summed E-state index contributed by atoms with van der Waals surface area (Å²) >= 11 is 5.74. The predicted octanol–water partition coefficient (Wildman–Crippen LogP) is 1.99. The number of nitrogens with zero attached hydrogens (tertiary/aromatic N) is 1. The van der Waals surface area contributed by atoms with Gasteiger partial charge < -0.3 is 10.1 Å². The first kappa shape index (κ1) is 17.2. The molecule has 0 bridgehead atoms. The minimum absolute atomic E-state index is 0.105. The summed E-state index contributed by atoms with van der Waals surface area (Å²) < 4.78 is 30.2. The van der Waals surface area contributed by atoms with Crippen molar-refractivity contribution < 1.29 is 13.2 Å². The van der Waals surface area contributed by atoms with Crippen LogP contribution in [0.1, 0.15) is 6.42 Å². The predicted molar refractivity (Wildman–Crippen MR) is 81.9 cm³/mol. The summed E-state index contributed by atoms with van der Waals surface area (Å²) in [4.78, 5) is 0.272. The molecule has 0 spiro atoms. The van der Waals surface area contributed by atoms with Crippen LogP contribution in [0, 0.1) is 0 Å². The first-order valence-electron chi connectivity index (χ1n) is 6.26. The Morgan fingerprint density at radius 3 is 2.35 bits per heavy atom. The van der Waals surface area contributed by atoms with Crippen molar-refractivity contribution in [1.82, 2.24) is 4.31 Å². The van der Waals surface area contributed by atoms with E-state index in [1.165, 1.54) is 18.4 Å². The highest BCUT2D eigenvalue weighted by molar-refractivity contribution is 7.89. The molecule has 0 aliphatic carbocycles. The quantitative estimate of drug-likeness (QED) is 0.744. The largest absolute Gasteiger partial charge is 0.383 e. The van der Waals surface area contributed by atoms with Crippen molar-refractivity contribution in [3.8, 4) is 0 Å². The third-order valence-corrected chi connectivity index (χ3v) is 4.88. The van der Waals surface area contributed by atoms with Gasteiger partial charge in [-0.15, -0.1) is 11.6 Å². The monoisotopic (exact) mass is 320 g/mol. The highest BCUT2D eigenvalue weighted by Gasteiger charge is 2.16. The molecular weight excluding hydrogens is 300 g/mol. The van der Waals surface area contributed by atoms with Gasteiger partial charge >= 0.3 is 0 Å². The number of anilines is 1. The molecular formula is C13H21ClN2O3S. The molecule has 1 N–H and O–H groups in total. The maximum atomic E-state index is 11.9. The number of rotatable bonds is 8. The summed E-state index contributed by atoms with van der Waals surface area (Å²) in [6.07, 6.45) is 0.771. The van der Waals surface area contributed by atoms with Gasteiger partial charge in [-0.05, 0) is 30.7 Å². The number of nitrogens with one attached hydrogen (secondary N) is 1. The van der Waals surface area contributed by atoms with Crippen LogP contribution in [0.3, 0.4) is 0 Å². The van der Waals surface area contributed by atoms with Gasteiger partial charge in [0.05, 0.1) is 17.5 Å². The fourth-order valence-electron chi connectivity index (χ4n) is 1.70. The van der Waals surface area contributed by atoms with E-state index in [0.717, 1.165) is 12.1 Å². The lowest BCUT2D eigenvalue weighted by Crippen LogP contribution is -2.25. The van der Waals surface area contributed by atoms with Crippen LogP contribution in [0.5, 0.6) is 0 Å². The molecule has 1 aromatic carbocycles. The highest BCUT2D eigenvalue weighted by Crippen LogP contribution is 2.17. The maximum Gasteiger partial charge on any atom is 0.242 e. The summed E-state index contributed by atoms with van der Waals surface area (Å²) in [6, 6.07) is 6.76. The van der Waals surface area contributed by atoms with Crippen molar-refractivity contribution in [2.75, 3.05) is 39.0 Å². The Hall–Kier alpha value is -0.820. The molecule has 7 heteroatoms. The molecule has 114 valence electrons. The van der Waals surface area contributed by atoms with Gasteiger partial charge in [-0.2, -0.15) is 0 Å². The Bertz CT molecular complexity index is 497. The molecule has 1 unspecified atom stereocenters. The van der Waals surface area contributed by atoms with Crippen LogP contribution in [-0.2, 0) is 14.8 Å². The van der Waals surface area contributed by atoms with Crippen LogP contribution < -0.4 is 5.32 Å². The molecule has 5 nitrogen and oxygen atoms in total. The second-order valence-electron chi connectivity index (χ2n) is 4.59. The minimum atomic E-state index is -3.38. The molecule has 0 saturated heterocycles. The third-order valence-electron chi connectivity index (χ3n) is 2.83. The summed E-state index contributed by atoms with van der Waals surface area (Å²) in [6.45, 7) is 0.546. The molecule has 0 fully saturated rings. The average molecular weight is 321 g/mol. The molecule has 0 aliphatic heterocycles. The number of alkyl halides is 1. The summed E-state index contributed by atoms with van der Waals surface area (Å²) in [7, 11) is 1.27. The summed E-state index contributed by atoms with van der Waals surface area (Å²) in [5.74, 6) is 0.536. The lowest BCUT2D eigenvalue weighted by molar-refractivity contribution is 0.184. The SMILES string of the molecule is COCC(CCCl)Nc1ccc(S(=O)(=O)N(C)C)cc1. The zero-order valence-electron chi connectivity index (χ0n) is 12.0. The first-order chi connectivity index (χ1) is 9.41. The Balaban J connectivity index is 2.81. The Morgan fingerprint density at radius 1 is 1.30 bits per heavy atom. The van der Waals surface area contributed by atoms with E-state index in [-0.39, 0.29) is 10.9 Å². The number of methoxy groups -OCH3 is 1. The van der Waals surface area contributed by atoms with E-state index in [1.807, 2.05) is 0 Å². The van der Waals surface area contributed by atoms with Crippen molar-refractivity contribution in [3.63, 3.8) is 0 Å². The molecule has 0 heterocycles. The summed E-state index contributed by atoms with van der Waals surface area (Å²) in [5, 5.41) is 3.27. The number of halogens is 1. The van der Waals surface area contributed by atoms with Gasteiger partial charge in [0.25, 0.3) is 0 Å². The zero-order valence-corrected chi connectivity index (χ0v) is 13.5. The van der Waals surface area contributed by atoms with Gasteiger partial charge in [-0.3, -0.25) is 0 Å². The fraction of sp³-hybridized carbons (Fsp3) is 0.538. The van der Waals surface area contributed by atoms with Gasteiger partial charge in [0.2, 0.25) is 10.0 Å². The van der Waals surface area contributed by atoms with Gasteiger partial charge in [-0.25, -0.2) is 12.7 Å². The molecule has 0 aromatic heterocycles. The van der Waals surface area contributed by atoms with E-state index >= 15 is 0 Å². The Morgan fingerprint density at radius 2 is 1.90 bits per heavy atom. The second-order valence-corrected chi connectivity index (χ2v) is 7.12. The maximum absolute atomic E-state index is 11.9. The molecule has 1 aromatic rings. The second kappa shape index (κ2) is 7.83. The van der Waals surface area contributed by atoms with Crippen molar-refractivity contribution in [3.05, 3.63) is 24.3 Å². The highest BCUT2D eigenvalue weighted by atomic mass is 35.5. The Labute approximate surface area is 125 Å². The van der Waals surface area contributed by atoms with E-state index in [9.17, 15) is 8.42 Å². The van der Waals surface area contributed by atoms with E-state index in [0.29, 0.717) is 12.5 Å². The first-order valence-corrected chi connectivity index (χ1v) is 8.23. The van der Waals surface area contributed by atoms with Crippen LogP contribution in [0.4, 0.5) is 5.69 Å². The van der Waals surface area contributed by atoms with Crippen molar-refractivity contribution in [2.45, 2.75) is 17.4 Å². The lowest BCUT2D eigenvalue weighted by Gasteiger charge is -2.18. The van der Waals surface area contributed by atoms with Crippen LogP contribution >= 0.6 is 11.6 Å². The molecule has 20 heavy (non-hydrogen) atoms. The topological polar surface area (TPSA) is 58.6 Å². The Kier molecular flexibility index (Phi) is 6.75. The molecule has 1 atom stereocenters. The summed E-state index contributed by atoms with van der Waals surface area (Å²) in [5.41, 5.74) is 0.842. The van der Waals surface area contributed by atoms with Crippen LogP contribution in [0.15, 0.2) is 29.2 Å². The van der Waals surface area contributed by atoms with Crippen LogP contribution in [-0.4, -0.2) is 52.5 Å². The normalized spacial score (nSPS) is 13.4. The molecule has 0 amide bonds. The van der Waals surface area contributed by atoms with Gasteiger partial charge in [-0.1, -0.05) is 0 Å². The van der Waals surface area contributed by atoms with Gasteiger partial charge in [0.15, 0.2) is 0 Å². The number of hydrogen-bond acceptors (Lipinski definition) is 4. The van der Waals surface area contributed by atoms with E-state index in [2.05, 4.69) is 5.32 Å². The third kappa shape index (κ3) is 4.63. The smallest absolute Gasteiger partial charge is 0.242 e. The lowest BCUT2D eigenvalue weighted by atomic mass is 10.2. The number of benzene rings is 1. The molecule has 0 aliphatic rings. The van der Waals surface area contributed by atoms with E-state index < -0.39 is 10.0 Å². The van der Waals surface area contributed by atoms with Crippen molar-refractivity contribution in [1.29, 1.82) is 0 Å². The number of sulfonamides is 1.